The minimum absolute atomic E-state index is 0.346. The Kier molecular flexibility index (Phi) is 3.87. The van der Waals surface area contributed by atoms with E-state index in [4.69, 9.17) is 9.47 Å². The molecule has 1 aliphatic rings. The van der Waals surface area contributed by atoms with Gasteiger partial charge < -0.3 is 9.47 Å². The van der Waals surface area contributed by atoms with Gasteiger partial charge in [-0.25, -0.2) is 0 Å². The highest BCUT2D eigenvalue weighted by Crippen LogP contribution is 2.11. The smallest absolute Gasteiger partial charge is 0.0809 e. The van der Waals surface area contributed by atoms with Gasteiger partial charge in [0.05, 0.1) is 19.3 Å². The van der Waals surface area contributed by atoms with Crippen molar-refractivity contribution in [3.05, 3.63) is 5.92 Å². The van der Waals surface area contributed by atoms with Gasteiger partial charge in [-0.1, -0.05) is 13.8 Å². The molecule has 0 amide bonds. The molecule has 2 nitrogen and oxygen atoms in total. The van der Waals surface area contributed by atoms with Crippen LogP contribution in [0, 0.1) is 5.92 Å². The van der Waals surface area contributed by atoms with E-state index in [2.05, 4.69) is 13.8 Å². The number of hydrogen-bond acceptors (Lipinski definition) is 2. The van der Waals surface area contributed by atoms with E-state index >= 15 is 0 Å². The van der Waals surface area contributed by atoms with E-state index in [1.807, 2.05) is 0 Å². The Morgan fingerprint density at radius 1 is 1.55 bits per heavy atom. The van der Waals surface area contributed by atoms with Gasteiger partial charge in [0.2, 0.25) is 0 Å². The molecule has 0 N–H and O–H groups in total. The van der Waals surface area contributed by atoms with Crippen LogP contribution < -0.4 is 0 Å². The van der Waals surface area contributed by atoms with Crippen LogP contribution in [0.5, 0.6) is 0 Å². The molecular formula is C9H17O2. The normalized spacial score (nSPS) is 25.9. The summed E-state index contributed by atoms with van der Waals surface area (Å²) >= 11 is 0. The maximum absolute atomic E-state index is 5.58. The van der Waals surface area contributed by atoms with Gasteiger partial charge in [0.1, 0.15) is 0 Å². The minimum Gasteiger partial charge on any atom is -0.379 e. The topological polar surface area (TPSA) is 18.5 Å². The number of rotatable bonds is 3. The maximum atomic E-state index is 5.58. The average molecular weight is 157 g/mol. The van der Waals surface area contributed by atoms with Crippen molar-refractivity contribution in [1.82, 2.24) is 0 Å². The molecule has 1 radical (unpaired) electrons. The summed E-state index contributed by atoms with van der Waals surface area (Å²) in [7, 11) is 0. The molecule has 65 valence electrons. The summed E-state index contributed by atoms with van der Waals surface area (Å²) < 4.78 is 10.9. The summed E-state index contributed by atoms with van der Waals surface area (Å²) in [4.78, 5) is 0. The van der Waals surface area contributed by atoms with Crippen LogP contribution in [0.3, 0.4) is 0 Å². The third-order valence-electron chi connectivity index (χ3n) is 1.73. The lowest BCUT2D eigenvalue weighted by atomic mass is 10.1. The Morgan fingerprint density at radius 2 is 2.36 bits per heavy atom. The van der Waals surface area contributed by atoms with Crippen LogP contribution in [0.2, 0.25) is 0 Å². The van der Waals surface area contributed by atoms with Crippen LogP contribution >= 0.6 is 0 Å². The first-order chi connectivity index (χ1) is 5.29. The molecule has 1 aliphatic heterocycles. The molecule has 2 heteroatoms. The van der Waals surface area contributed by atoms with E-state index in [9.17, 15) is 0 Å². The fourth-order valence-electron chi connectivity index (χ4n) is 1.13. The van der Waals surface area contributed by atoms with E-state index in [0.717, 1.165) is 32.7 Å². The monoisotopic (exact) mass is 157 g/mol. The third kappa shape index (κ3) is 3.73. The Morgan fingerprint density at radius 3 is 2.91 bits per heavy atom. The molecule has 0 spiro atoms. The van der Waals surface area contributed by atoms with E-state index < -0.39 is 0 Å². The molecule has 1 rings (SSSR count). The first kappa shape index (κ1) is 9.01. The summed E-state index contributed by atoms with van der Waals surface area (Å²) in [6.07, 6.45) is 2.65. The number of hydrogen-bond donors (Lipinski definition) is 0. The molecule has 1 heterocycles. The largest absolute Gasteiger partial charge is 0.379 e. The van der Waals surface area contributed by atoms with Crippen LogP contribution in [0.4, 0.5) is 0 Å². The second kappa shape index (κ2) is 4.73. The molecule has 0 aromatic carbocycles. The predicted octanol–water partition coefficient (Wildman–Crippen LogP) is 1.80. The summed E-state index contributed by atoms with van der Waals surface area (Å²) in [5, 5.41) is 0. The van der Waals surface area contributed by atoms with Crippen molar-refractivity contribution in [3.63, 3.8) is 0 Å². The molecule has 0 aromatic heterocycles. The van der Waals surface area contributed by atoms with Gasteiger partial charge >= 0.3 is 0 Å². The summed E-state index contributed by atoms with van der Waals surface area (Å²) in [6.45, 7) is 6.66. The molecule has 0 bridgehead atoms. The van der Waals surface area contributed by atoms with Crippen LogP contribution in [0.1, 0.15) is 26.7 Å². The van der Waals surface area contributed by atoms with Crippen molar-refractivity contribution >= 4 is 0 Å². The Hall–Kier alpha value is -0.0800. The molecule has 0 aliphatic carbocycles. The summed E-state index contributed by atoms with van der Waals surface area (Å²) in [5.41, 5.74) is 0. The first-order valence-electron chi connectivity index (χ1n) is 4.27. The molecule has 1 fully saturated rings. The Balaban J connectivity index is 2.05. The lowest BCUT2D eigenvalue weighted by Gasteiger charge is -2.23. The number of ether oxygens (including phenoxy) is 2. The van der Waals surface area contributed by atoms with E-state index in [0.29, 0.717) is 6.10 Å². The summed E-state index contributed by atoms with van der Waals surface area (Å²) in [5.74, 6) is 1.33. The highest BCUT2D eigenvalue weighted by atomic mass is 16.5. The molecule has 1 unspecified atom stereocenters. The van der Waals surface area contributed by atoms with Gasteiger partial charge in [-0.05, 0) is 18.8 Å². The third-order valence-corrected chi connectivity index (χ3v) is 1.73. The summed E-state index contributed by atoms with van der Waals surface area (Å²) in [6, 6.07) is 0. The molecule has 11 heavy (non-hydrogen) atoms. The Labute approximate surface area is 68.9 Å². The second-order valence-electron chi connectivity index (χ2n) is 3.36. The van der Waals surface area contributed by atoms with Crippen molar-refractivity contribution in [2.24, 2.45) is 0 Å². The lowest BCUT2D eigenvalue weighted by Crippen LogP contribution is -2.26. The van der Waals surface area contributed by atoms with E-state index in [1.54, 1.807) is 0 Å². The van der Waals surface area contributed by atoms with Gasteiger partial charge in [-0.15, -0.1) is 0 Å². The van der Waals surface area contributed by atoms with Crippen LogP contribution in [0.15, 0.2) is 0 Å². The average Bonchev–Trinajstić information content (AvgIpc) is 2.03. The zero-order valence-corrected chi connectivity index (χ0v) is 7.43. The first-order valence-corrected chi connectivity index (χ1v) is 4.27. The van der Waals surface area contributed by atoms with Crippen molar-refractivity contribution in [2.45, 2.75) is 32.8 Å². The molecule has 0 saturated carbocycles. The van der Waals surface area contributed by atoms with Crippen LogP contribution in [0.25, 0.3) is 0 Å². The van der Waals surface area contributed by atoms with Gasteiger partial charge in [0, 0.05) is 6.61 Å². The maximum Gasteiger partial charge on any atom is 0.0809 e. The highest BCUT2D eigenvalue weighted by Gasteiger charge is 2.14. The van der Waals surface area contributed by atoms with Gasteiger partial charge in [-0.3, -0.25) is 0 Å². The van der Waals surface area contributed by atoms with Crippen LogP contribution in [-0.4, -0.2) is 25.9 Å². The quantitative estimate of drug-likeness (QED) is 0.622. The predicted molar refractivity (Wildman–Crippen MR) is 44.4 cm³/mol. The highest BCUT2D eigenvalue weighted by molar-refractivity contribution is 4.76. The van der Waals surface area contributed by atoms with Crippen molar-refractivity contribution in [1.29, 1.82) is 0 Å². The minimum atomic E-state index is 0.346. The molecule has 1 saturated heterocycles. The van der Waals surface area contributed by atoms with Gasteiger partial charge in [-0.2, -0.15) is 0 Å². The van der Waals surface area contributed by atoms with Crippen molar-refractivity contribution in [2.75, 3.05) is 19.8 Å². The zero-order chi connectivity index (χ0) is 8.10. The van der Waals surface area contributed by atoms with Crippen LogP contribution in [-0.2, 0) is 9.47 Å². The fourth-order valence-corrected chi connectivity index (χ4v) is 1.13. The van der Waals surface area contributed by atoms with Crippen molar-refractivity contribution in [3.8, 4) is 0 Å². The van der Waals surface area contributed by atoms with E-state index in [-0.39, 0.29) is 0 Å². The molecule has 1 atom stereocenters. The standard InChI is InChI=1S/C9H17O2/c1-8(2)6-11-9-4-3-5-10-7-9/h9H,3-7H2,1-2H3. The Bertz CT molecular complexity index is 95.7. The van der Waals surface area contributed by atoms with E-state index in [1.165, 1.54) is 5.92 Å². The fraction of sp³-hybridized carbons (Fsp3) is 0.889. The van der Waals surface area contributed by atoms with Gasteiger partial charge in [0.25, 0.3) is 0 Å². The lowest BCUT2D eigenvalue weighted by molar-refractivity contribution is -0.0461. The molecule has 0 aromatic rings. The SMILES string of the molecule is C[C](C)COC1CCCOC1. The molecular weight excluding hydrogens is 140 g/mol. The van der Waals surface area contributed by atoms with Gasteiger partial charge in [0.15, 0.2) is 0 Å². The van der Waals surface area contributed by atoms with Crippen molar-refractivity contribution < 1.29 is 9.47 Å². The zero-order valence-electron chi connectivity index (χ0n) is 7.43. The second-order valence-corrected chi connectivity index (χ2v) is 3.36.